The van der Waals surface area contributed by atoms with Crippen LogP contribution in [-0.4, -0.2) is 34.1 Å². The molecule has 0 atom stereocenters. The van der Waals surface area contributed by atoms with Gasteiger partial charge in [0.05, 0.1) is 24.2 Å². The molecule has 1 fully saturated rings. The molecule has 4 rings (SSSR count). The summed E-state index contributed by atoms with van der Waals surface area (Å²) in [7, 11) is 0. The maximum absolute atomic E-state index is 6.06. The number of rotatable bonds is 8. The number of likely N-dealkylation sites (tertiary alicyclic amines) is 1. The molecule has 2 heterocycles. The van der Waals surface area contributed by atoms with Gasteiger partial charge < -0.3 is 9.30 Å². The van der Waals surface area contributed by atoms with Crippen LogP contribution in [0.25, 0.3) is 11.0 Å². The maximum atomic E-state index is 6.06. The summed E-state index contributed by atoms with van der Waals surface area (Å²) in [6, 6.07) is 15.0. The van der Waals surface area contributed by atoms with Crippen molar-refractivity contribution in [2.45, 2.75) is 65.5 Å². The van der Waals surface area contributed by atoms with Crippen molar-refractivity contribution in [2.24, 2.45) is 0 Å². The summed E-state index contributed by atoms with van der Waals surface area (Å²) in [6.45, 7) is 9.36. The molecule has 1 aliphatic rings. The van der Waals surface area contributed by atoms with E-state index in [1.165, 1.54) is 61.2 Å². The molecule has 0 aliphatic carbocycles. The number of para-hydroxylation sites is 2. The van der Waals surface area contributed by atoms with Gasteiger partial charge >= 0.3 is 0 Å². The summed E-state index contributed by atoms with van der Waals surface area (Å²) < 4.78 is 8.50. The third-order valence-corrected chi connectivity index (χ3v) is 6.17. The van der Waals surface area contributed by atoms with Crippen LogP contribution in [0.15, 0.2) is 42.5 Å². The Morgan fingerprint density at radius 3 is 2.57 bits per heavy atom. The lowest BCUT2D eigenvalue weighted by atomic mass is 10.1. The van der Waals surface area contributed by atoms with Crippen LogP contribution >= 0.6 is 0 Å². The Morgan fingerprint density at radius 2 is 1.73 bits per heavy atom. The molecule has 3 aromatic rings. The summed E-state index contributed by atoms with van der Waals surface area (Å²) in [5.74, 6) is 2.23. The fraction of sp³-hybridized carbons (Fsp3) is 0.500. The van der Waals surface area contributed by atoms with E-state index < -0.39 is 0 Å². The largest absolute Gasteiger partial charge is 0.493 e. The van der Waals surface area contributed by atoms with Crippen molar-refractivity contribution in [3.63, 3.8) is 0 Å². The van der Waals surface area contributed by atoms with E-state index in [2.05, 4.69) is 65.8 Å². The monoisotopic (exact) mass is 405 g/mol. The van der Waals surface area contributed by atoms with Gasteiger partial charge in [0.1, 0.15) is 11.6 Å². The number of aromatic nitrogens is 2. The number of benzene rings is 2. The zero-order chi connectivity index (χ0) is 20.8. The second-order valence-electron chi connectivity index (χ2n) is 8.68. The molecule has 1 aromatic heterocycles. The Hall–Kier alpha value is -2.33. The van der Waals surface area contributed by atoms with Crippen LogP contribution in [-0.2, 0) is 13.1 Å². The highest BCUT2D eigenvalue weighted by molar-refractivity contribution is 5.75. The first-order valence-corrected chi connectivity index (χ1v) is 11.6. The Labute approximate surface area is 180 Å². The fourth-order valence-corrected chi connectivity index (χ4v) is 4.41. The first-order chi connectivity index (χ1) is 14.7. The van der Waals surface area contributed by atoms with Crippen LogP contribution in [0, 0.1) is 13.8 Å². The quantitative estimate of drug-likeness (QED) is 0.438. The van der Waals surface area contributed by atoms with Gasteiger partial charge in [-0.1, -0.05) is 37.1 Å². The van der Waals surface area contributed by atoms with Gasteiger partial charge in [-0.25, -0.2) is 4.98 Å². The summed E-state index contributed by atoms with van der Waals surface area (Å²) in [4.78, 5) is 7.59. The topological polar surface area (TPSA) is 30.3 Å². The van der Waals surface area contributed by atoms with Crippen LogP contribution in [0.5, 0.6) is 5.75 Å². The third-order valence-electron chi connectivity index (χ3n) is 6.17. The van der Waals surface area contributed by atoms with Crippen LogP contribution < -0.4 is 4.74 Å². The summed E-state index contributed by atoms with van der Waals surface area (Å²) in [6.07, 6.45) is 7.51. The van der Waals surface area contributed by atoms with E-state index in [0.29, 0.717) is 0 Å². The minimum atomic E-state index is 0.762. The van der Waals surface area contributed by atoms with Crippen molar-refractivity contribution in [1.29, 1.82) is 0 Å². The maximum Gasteiger partial charge on any atom is 0.124 e. The van der Waals surface area contributed by atoms with E-state index in [0.717, 1.165) is 43.8 Å². The Kier molecular flexibility index (Phi) is 7.06. The van der Waals surface area contributed by atoms with Crippen LogP contribution in [0.2, 0.25) is 0 Å². The molecule has 0 bridgehead atoms. The second-order valence-corrected chi connectivity index (χ2v) is 8.68. The second kappa shape index (κ2) is 10.1. The smallest absolute Gasteiger partial charge is 0.124 e. The molecule has 0 amide bonds. The van der Waals surface area contributed by atoms with E-state index in [1.54, 1.807) is 0 Å². The zero-order valence-corrected chi connectivity index (χ0v) is 18.6. The van der Waals surface area contributed by atoms with E-state index in [-0.39, 0.29) is 0 Å². The normalized spacial score (nSPS) is 15.4. The summed E-state index contributed by atoms with van der Waals surface area (Å²) >= 11 is 0. The van der Waals surface area contributed by atoms with Crippen molar-refractivity contribution in [3.05, 3.63) is 59.4 Å². The SMILES string of the molecule is Cc1ccc(C)c(OCCCCn2c(CN3CCCCCC3)nc3ccccc32)c1. The molecule has 4 heteroatoms. The predicted octanol–water partition coefficient (Wildman–Crippen LogP) is 5.89. The number of nitrogens with zero attached hydrogens (tertiary/aromatic N) is 3. The first kappa shape index (κ1) is 20.9. The number of hydrogen-bond donors (Lipinski definition) is 0. The highest BCUT2D eigenvalue weighted by atomic mass is 16.5. The number of imidazole rings is 1. The molecule has 1 saturated heterocycles. The van der Waals surface area contributed by atoms with Crippen LogP contribution in [0.3, 0.4) is 0 Å². The highest BCUT2D eigenvalue weighted by Crippen LogP contribution is 2.21. The Bertz CT molecular complexity index is 954. The van der Waals surface area contributed by atoms with Gasteiger partial charge in [0.2, 0.25) is 0 Å². The lowest BCUT2D eigenvalue weighted by Crippen LogP contribution is -2.26. The van der Waals surface area contributed by atoms with E-state index in [1.807, 2.05) is 0 Å². The molecular weight excluding hydrogens is 370 g/mol. The van der Waals surface area contributed by atoms with Crippen LogP contribution in [0.4, 0.5) is 0 Å². The Morgan fingerprint density at radius 1 is 0.933 bits per heavy atom. The lowest BCUT2D eigenvalue weighted by molar-refractivity contribution is 0.264. The average molecular weight is 406 g/mol. The van der Waals surface area contributed by atoms with Gasteiger partial charge in [-0.05, 0) is 81.9 Å². The van der Waals surface area contributed by atoms with Gasteiger partial charge in [-0.2, -0.15) is 0 Å². The number of aryl methyl sites for hydroxylation is 3. The van der Waals surface area contributed by atoms with Crippen molar-refractivity contribution in [3.8, 4) is 5.75 Å². The van der Waals surface area contributed by atoms with E-state index >= 15 is 0 Å². The average Bonchev–Trinajstić information content (AvgIpc) is 2.89. The minimum absolute atomic E-state index is 0.762. The fourth-order valence-electron chi connectivity index (χ4n) is 4.41. The molecule has 0 N–H and O–H groups in total. The molecule has 4 nitrogen and oxygen atoms in total. The molecule has 30 heavy (non-hydrogen) atoms. The zero-order valence-electron chi connectivity index (χ0n) is 18.6. The molecule has 160 valence electrons. The van der Waals surface area contributed by atoms with E-state index in [4.69, 9.17) is 9.72 Å². The number of hydrogen-bond acceptors (Lipinski definition) is 3. The number of fused-ring (bicyclic) bond motifs is 1. The predicted molar refractivity (Wildman–Crippen MR) is 124 cm³/mol. The molecule has 0 radical (unpaired) electrons. The molecule has 1 aliphatic heterocycles. The van der Waals surface area contributed by atoms with Gasteiger partial charge in [0.15, 0.2) is 0 Å². The van der Waals surface area contributed by atoms with Crippen molar-refractivity contribution in [1.82, 2.24) is 14.5 Å². The van der Waals surface area contributed by atoms with Crippen LogP contribution in [0.1, 0.15) is 55.5 Å². The number of unbranched alkanes of at least 4 members (excludes halogenated alkanes) is 1. The number of ether oxygens (including phenoxy) is 1. The third kappa shape index (κ3) is 5.23. The molecule has 2 aromatic carbocycles. The van der Waals surface area contributed by atoms with Gasteiger partial charge in [-0.15, -0.1) is 0 Å². The first-order valence-electron chi connectivity index (χ1n) is 11.6. The van der Waals surface area contributed by atoms with Crippen molar-refractivity contribution in [2.75, 3.05) is 19.7 Å². The van der Waals surface area contributed by atoms with Gasteiger partial charge in [0, 0.05) is 6.54 Å². The minimum Gasteiger partial charge on any atom is -0.493 e. The van der Waals surface area contributed by atoms with Crippen molar-refractivity contribution >= 4 is 11.0 Å². The summed E-state index contributed by atoms with van der Waals surface area (Å²) in [5.41, 5.74) is 4.84. The van der Waals surface area contributed by atoms with Gasteiger partial charge in [0.25, 0.3) is 0 Å². The lowest BCUT2D eigenvalue weighted by Gasteiger charge is -2.20. The highest BCUT2D eigenvalue weighted by Gasteiger charge is 2.15. The molecular formula is C26H35N3O. The summed E-state index contributed by atoms with van der Waals surface area (Å²) in [5, 5.41) is 0. The van der Waals surface area contributed by atoms with Gasteiger partial charge in [-0.3, -0.25) is 4.90 Å². The molecule has 0 saturated carbocycles. The Balaban J connectivity index is 1.38. The van der Waals surface area contributed by atoms with Crippen molar-refractivity contribution < 1.29 is 4.74 Å². The molecule has 0 unspecified atom stereocenters. The van der Waals surface area contributed by atoms with E-state index in [9.17, 15) is 0 Å². The standard InChI is InChI=1S/C26H35N3O/c1-21-13-14-22(2)25(19-21)30-18-10-9-17-29-24-12-6-5-11-23(24)27-26(29)20-28-15-7-3-4-8-16-28/h5-6,11-14,19H,3-4,7-10,15-18,20H2,1-2H3. The molecule has 0 spiro atoms.